The summed E-state index contributed by atoms with van der Waals surface area (Å²) in [4.78, 5) is 14.8. The lowest BCUT2D eigenvalue weighted by Gasteiger charge is -2.34. The summed E-state index contributed by atoms with van der Waals surface area (Å²) < 4.78 is 11.6. The number of rotatable bonds is 3. The van der Waals surface area contributed by atoms with Crippen LogP contribution in [0.3, 0.4) is 0 Å². The highest BCUT2D eigenvalue weighted by atomic mass is 32.1. The van der Waals surface area contributed by atoms with Gasteiger partial charge in [-0.25, -0.2) is 0 Å². The molecule has 0 aliphatic carbocycles. The van der Waals surface area contributed by atoms with Crippen LogP contribution in [0.5, 0.6) is 0 Å². The number of hydrogen-bond donors (Lipinski definition) is 0. The first-order valence-corrected chi connectivity index (χ1v) is 8.09. The van der Waals surface area contributed by atoms with Gasteiger partial charge in [-0.2, -0.15) is 0 Å². The molecule has 0 aromatic carbocycles. The number of ether oxygens (including phenoxy) is 2. The van der Waals surface area contributed by atoms with Crippen LogP contribution in [0.1, 0.15) is 34.7 Å². The molecule has 1 aliphatic heterocycles. The lowest BCUT2D eigenvalue weighted by Crippen LogP contribution is -2.33. The van der Waals surface area contributed by atoms with Crippen molar-refractivity contribution in [1.29, 1.82) is 0 Å². The molecule has 0 amide bonds. The summed E-state index contributed by atoms with van der Waals surface area (Å²) in [6.45, 7) is 5.68. The second-order valence-electron chi connectivity index (χ2n) is 5.64. The molecule has 2 aromatic heterocycles. The summed E-state index contributed by atoms with van der Waals surface area (Å²) in [6.07, 6.45) is 0.630. The Balaban J connectivity index is 1.75. The summed E-state index contributed by atoms with van der Waals surface area (Å²) in [5.74, 6) is 0. The Morgan fingerprint density at radius 2 is 1.75 bits per heavy atom. The van der Waals surface area contributed by atoms with Crippen LogP contribution >= 0.6 is 22.7 Å². The minimum atomic E-state index is -0.257. The van der Waals surface area contributed by atoms with E-state index in [1.54, 1.807) is 11.3 Å². The van der Waals surface area contributed by atoms with Crippen LogP contribution in [0.15, 0.2) is 24.3 Å². The molecule has 1 fully saturated rings. The van der Waals surface area contributed by atoms with E-state index in [9.17, 15) is 4.79 Å². The molecule has 3 rings (SSSR count). The van der Waals surface area contributed by atoms with Gasteiger partial charge in [-0.15, -0.1) is 22.7 Å². The summed E-state index contributed by atoms with van der Waals surface area (Å²) in [5, 5.41) is 0. The van der Waals surface area contributed by atoms with Gasteiger partial charge in [0.2, 0.25) is 0 Å². The van der Waals surface area contributed by atoms with Gasteiger partial charge in [-0.3, -0.25) is 4.79 Å². The number of carbonyl (C=O) groups excluding carboxylic acids is 1. The minimum absolute atomic E-state index is 0.0865. The third-order valence-corrected chi connectivity index (χ3v) is 5.41. The molecule has 0 radical (unpaired) electrons. The molecule has 0 N–H and O–H groups in total. The van der Waals surface area contributed by atoms with Crippen molar-refractivity contribution < 1.29 is 14.3 Å². The molecule has 0 spiro atoms. The highest BCUT2D eigenvalue weighted by Gasteiger charge is 2.30. The summed E-state index contributed by atoms with van der Waals surface area (Å²) in [5.41, 5.74) is 0.0865. The fourth-order valence-electron chi connectivity index (χ4n) is 2.02. The third kappa shape index (κ3) is 2.86. The second kappa shape index (κ2) is 5.41. The lowest BCUT2D eigenvalue weighted by atomic mass is 9.96. The van der Waals surface area contributed by atoms with Crippen LogP contribution in [0, 0.1) is 5.41 Å². The fourth-order valence-corrected chi connectivity index (χ4v) is 3.94. The van der Waals surface area contributed by atoms with Crippen molar-refractivity contribution in [3.05, 3.63) is 34.0 Å². The van der Waals surface area contributed by atoms with E-state index < -0.39 is 0 Å². The Labute approximate surface area is 126 Å². The van der Waals surface area contributed by atoms with Crippen molar-refractivity contribution in [3.63, 3.8) is 0 Å². The van der Waals surface area contributed by atoms with Gasteiger partial charge in [-0.1, -0.05) is 13.8 Å². The molecule has 1 aliphatic rings. The molecule has 20 heavy (non-hydrogen) atoms. The van der Waals surface area contributed by atoms with Crippen LogP contribution in [0.2, 0.25) is 0 Å². The second-order valence-corrected chi connectivity index (χ2v) is 7.87. The van der Waals surface area contributed by atoms with Crippen molar-refractivity contribution in [2.45, 2.75) is 20.1 Å². The molecule has 3 nitrogen and oxygen atoms in total. The Morgan fingerprint density at radius 1 is 1.10 bits per heavy atom. The maximum atomic E-state index is 10.7. The SMILES string of the molecule is CC1(C)COC(c2ccc(-c3ccc(C=O)s3)s2)OC1. The van der Waals surface area contributed by atoms with Gasteiger partial charge in [0.15, 0.2) is 12.6 Å². The van der Waals surface area contributed by atoms with Crippen LogP contribution in [-0.2, 0) is 9.47 Å². The molecule has 106 valence electrons. The number of hydrogen-bond acceptors (Lipinski definition) is 5. The zero-order chi connectivity index (χ0) is 14.2. The first-order chi connectivity index (χ1) is 9.57. The Kier molecular flexibility index (Phi) is 3.77. The maximum absolute atomic E-state index is 10.7. The first kappa shape index (κ1) is 13.9. The summed E-state index contributed by atoms with van der Waals surface area (Å²) in [6, 6.07) is 7.94. The molecule has 0 unspecified atom stereocenters. The number of aldehydes is 1. The van der Waals surface area contributed by atoms with E-state index in [1.807, 2.05) is 18.2 Å². The minimum Gasteiger partial charge on any atom is -0.347 e. The van der Waals surface area contributed by atoms with Crippen LogP contribution in [0.4, 0.5) is 0 Å². The molecule has 3 heterocycles. The van der Waals surface area contributed by atoms with Gasteiger partial charge in [0.1, 0.15) is 0 Å². The smallest absolute Gasteiger partial charge is 0.193 e. The highest BCUT2D eigenvalue weighted by molar-refractivity contribution is 7.22. The molecule has 1 saturated heterocycles. The van der Waals surface area contributed by atoms with Gasteiger partial charge < -0.3 is 9.47 Å². The van der Waals surface area contributed by atoms with Crippen molar-refractivity contribution in [2.24, 2.45) is 5.41 Å². The standard InChI is InChI=1S/C15H16O3S2/c1-15(2)8-17-14(18-9-15)13-6-5-12(20-13)11-4-3-10(7-16)19-11/h3-7,14H,8-9H2,1-2H3. The molecular weight excluding hydrogens is 292 g/mol. The van der Waals surface area contributed by atoms with Gasteiger partial charge in [0.25, 0.3) is 0 Å². The molecular formula is C15H16O3S2. The van der Waals surface area contributed by atoms with E-state index in [0.717, 1.165) is 25.8 Å². The third-order valence-electron chi connectivity index (χ3n) is 3.10. The van der Waals surface area contributed by atoms with E-state index in [1.165, 1.54) is 11.3 Å². The summed E-state index contributed by atoms with van der Waals surface area (Å²) >= 11 is 3.17. The van der Waals surface area contributed by atoms with Crippen LogP contribution < -0.4 is 0 Å². The molecule has 0 bridgehead atoms. The van der Waals surface area contributed by atoms with Gasteiger partial charge in [0.05, 0.1) is 23.0 Å². The predicted molar refractivity (Wildman–Crippen MR) is 81.4 cm³/mol. The van der Waals surface area contributed by atoms with Crippen molar-refractivity contribution in [1.82, 2.24) is 0 Å². The van der Waals surface area contributed by atoms with Gasteiger partial charge >= 0.3 is 0 Å². The fraction of sp³-hybridized carbons (Fsp3) is 0.400. The molecule has 0 saturated carbocycles. The molecule has 5 heteroatoms. The summed E-state index contributed by atoms with van der Waals surface area (Å²) in [7, 11) is 0. The van der Waals surface area contributed by atoms with Gasteiger partial charge in [-0.05, 0) is 24.3 Å². The Hall–Kier alpha value is -1.01. The van der Waals surface area contributed by atoms with Crippen LogP contribution in [-0.4, -0.2) is 19.5 Å². The van der Waals surface area contributed by atoms with E-state index in [2.05, 4.69) is 19.9 Å². The first-order valence-electron chi connectivity index (χ1n) is 6.46. The average Bonchev–Trinajstić information content (AvgIpc) is 3.07. The molecule has 0 atom stereocenters. The van der Waals surface area contributed by atoms with Crippen molar-refractivity contribution in [2.75, 3.05) is 13.2 Å². The van der Waals surface area contributed by atoms with Crippen LogP contribution in [0.25, 0.3) is 9.75 Å². The van der Waals surface area contributed by atoms with E-state index in [4.69, 9.17) is 9.47 Å². The maximum Gasteiger partial charge on any atom is 0.193 e. The Morgan fingerprint density at radius 3 is 2.40 bits per heavy atom. The van der Waals surface area contributed by atoms with Gasteiger partial charge in [0, 0.05) is 15.2 Å². The lowest BCUT2D eigenvalue weighted by molar-refractivity contribution is -0.224. The zero-order valence-corrected chi connectivity index (χ0v) is 13.1. The topological polar surface area (TPSA) is 35.5 Å². The number of carbonyl (C=O) groups is 1. The van der Waals surface area contributed by atoms with E-state index in [0.29, 0.717) is 13.2 Å². The monoisotopic (exact) mass is 308 g/mol. The Bertz CT molecular complexity index is 602. The van der Waals surface area contributed by atoms with Crippen molar-refractivity contribution >= 4 is 29.0 Å². The quantitative estimate of drug-likeness (QED) is 0.790. The van der Waals surface area contributed by atoms with Crippen molar-refractivity contribution in [3.8, 4) is 9.75 Å². The van der Waals surface area contributed by atoms with E-state index in [-0.39, 0.29) is 11.7 Å². The molecule has 2 aromatic rings. The number of thiophene rings is 2. The highest BCUT2D eigenvalue weighted by Crippen LogP contribution is 2.39. The normalized spacial score (nSPS) is 19.1. The predicted octanol–water partition coefficient (Wildman–Crippen LogP) is 4.36. The zero-order valence-electron chi connectivity index (χ0n) is 11.4. The average molecular weight is 308 g/mol. The van der Waals surface area contributed by atoms with E-state index >= 15 is 0 Å². The largest absolute Gasteiger partial charge is 0.347 e.